The molecular weight excluding hydrogens is 218 g/mol. The highest BCUT2D eigenvalue weighted by Gasteiger charge is 2.53. The SMILES string of the molecule is NNC(Cc1nccs1)C1C2CCCCC21. The van der Waals surface area contributed by atoms with Gasteiger partial charge in [-0.2, -0.15) is 0 Å². The molecule has 88 valence electrons. The molecule has 1 aromatic rings. The van der Waals surface area contributed by atoms with Crippen molar-refractivity contribution < 1.29 is 0 Å². The van der Waals surface area contributed by atoms with Crippen molar-refractivity contribution in [3.8, 4) is 0 Å². The molecule has 2 aliphatic carbocycles. The first-order valence-electron chi connectivity index (χ1n) is 6.24. The smallest absolute Gasteiger partial charge is 0.0940 e. The molecule has 3 rings (SSSR count). The quantitative estimate of drug-likeness (QED) is 0.621. The molecule has 0 saturated heterocycles. The zero-order valence-electron chi connectivity index (χ0n) is 9.43. The molecule has 3 N–H and O–H groups in total. The molecule has 16 heavy (non-hydrogen) atoms. The van der Waals surface area contributed by atoms with E-state index in [4.69, 9.17) is 5.84 Å². The zero-order valence-corrected chi connectivity index (χ0v) is 10.2. The Hall–Kier alpha value is -0.450. The standard InChI is InChI=1S/C12H19N3S/c13-15-10(7-11-14-5-6-16-11)12-8-3-1-2-4-9(8)12/h5-6,8-10,12,15H,1-4,7,13H2. The first kappa shape index (κ1) is 10.7. The molecule has 3 atom stereocenters. The molecule has 1 aromatic heterocycles. The lowest BCUT2D eigenvalue weighted by atomic mass is 10.0. The minimum absolute atomic E-state index is 0.444. The van der Waals surface area contributed by atoms with Crippen LogP contribution in [0.5, 0.6) is 0 Å². The lowest BCUT2D eigenvalue weighted by Crippen LogP contribution is -2.39. The summed E-state index contributed by atoms with van der Waals surface area (Å²) in [6, 6.07) is 0.444. The fourth-order valence-electron chi connectivity index (χ4n) is 3.49. The highest BCUT2D eigenvalue weighted by Crippen LogP contribution is 2.57. The Balaban J connectivity index is 1.63. The van der Waals surface area contributed by atoms with Crippen molar-refractivity contribution in [1.29, 1.82) is 0 Å². The molecule has 4 heteroatoms. The maximum absolute atomic E-state index is 5.71. The molecule has 0 aromatic carbocycles. The van der Waals surface area contributed by atoms with Crippen LogP contribution in [0.2, 0.25) is 0 Å². The molecule has 2 fully saturated rings. The third-order valence-corrected chi connectivity index (χ3v) is 5.08. The minimum Gasteiger partial charge on any atom is -0.271 e. The lowest BCUT2D eigenvalue weighted by Gasteiger charge is -2.14. The second kappa shape index (κ2) is 4.43. The van der Waals surface area contributed by atoms with Crippen molar-refractivity contribution in [2.24, 2.45) is 23.6 Å². The molecule has 0 bridgehead atoms. The normalized spacial score (nSPS) is 34.4. The summed E-state index contributed by atoms with van der Waals surface area (Å²) in [4.78, 5) is 4.35. The number of hydrogen-bond donors (Lipinski definition) is 2. The van der Waals surface area contributed by atoms with Crippen LogP contribution in [0, 0.1) is 17.8 Å². The second-order valence-electron chi connectivity index (χ2n) is 5.09. The fraction of sp³-hybridized carbons (Fsp3) is 0.750. The molecule has 0 spiro atoms. The van der Waals surface area contributed by atoms with E-state index in [2.05, 4.69) is 10.4 Å². The Morgan fingerprint density at radius 1 is 1.44 bits per heavy atom. The number of nitrogens with one attached hydrogen (secondary N) is 1. The van der Waals surface area contributed by atoms with Gasteiger partial charge in [-0.25, -0.2) is 4.98 Å². The van der Waals surface area contributed by atoms with E-state index in [1.54, 1.807) is 11.3 Å². The van der Waals surface area contributed by atoms with Gasteiger partial charge < -0.3 is 0 Å². The summed E-state index contributed by atoms with van der Waals surface area (Å²) in [6.07, 6.45) is 8.58. The number of nitrogens with zero attached hydrogens (tertiary/aromatic N) is 1. The van der Waals surface area contributed by atoms with Crippen molar-refractivity contribution in [3.63, 3.8) is 0 Å². The van der Waals surface area contributed by atoms with Crippen LogP contribution in [0.25, 0.3) is 0 Å². The van der Waals surface area contributed by atoms with Gasteiger partial charge in [-0.1, -0.05) is 12.8 Å². The number of nitrogens with two attached hydrogens (primary N) is 1. The summed E-state index contributed by atoms with van der Waals surface area (Å²) < 4.78 is 0. The summed E-state index contributed by atoms with van der Waals surface area (Å²) in [5.41, 5.74) is 3.03. The van der Waals surface area contributed by atoms with Gasteiger partial charge in [0.2, 0.25) is 0 Å². The highest BCUT2D eigenvalue weighted by molar-refractivity contribution is 7.09. The Morgan fingerprint density at radius 3 is 2.75 bits per heavy atom. The maximum Gasteiger partial charge on any atom is 0.0940 e. The van der Waals surface area contributed by atoms with Crippen molar-refractivity contribution >= 4 is 11.3 Å². The van der Waals surface area contributed by atoms with Gasteiger partial charge in [0, 0.05) is 24.0 Å². The van der Waals surface area contributed by atoms with Crippen molar-refractivity contribution in [1.82, 2.24) is 10.4 Å². The molecule has 2 saturated carbocycles. The second-order valence-corrected chi connectivity index (χ2v) is 6.07. The molecule has 2 aliphatic rings. The van der Waals surface area contributed by atoms with E-state index in [9.17, 15) is 0 Å². The van der Waals surface area contributed by atoms with E-state index in [0.29, 0.717) is 6.04 Å². The van der Waals surface area contributed by atoms with Crippen LogP contribution in [0.15, 0.2) is 11.6 Å². The summed E-state index contributed by atoms with van der Waals surface area (Å²) in [7, 11) is 0. The largest absolute Gasteiger partial charge is 0.271 e. The first-order valence-corrected chi connectivity index (χ1v) is 7.12. The van der Waals surface area contributed by atoms with Crippen molar-refractivity contribution in [2.75, 3.05) is 0 Å². The van der Waals surface area contributed by atoms with Gasteiger partial charge >= 0.3 is 0 Å². The number of rotatable bonds is 4. The minimum atomic E-state index is 0.444. The molecular formula is C12H19N3S. The predicted molar refractivity (Wildman–Crippen MR) is 65.9 cm³/mol. The number of fused-ring (bicyclic) bond motifs is 1. The Bertz CT molecular complexity index is 326. The first-order chi connectivity index (χ1) is 7.90. The van der Waals surface area contributed by atoms with E-state index in [-0.39, 0.29) is 0 Å². The molecule has 0 amide bonds. The number of hydrogen-bond acceptors (Lipinski definition) is 4. The van der Waals surface area contributed by atoms with Crippen LogP contribution in [-0.4, -0.2) is 11.0 Å². The molecule has 1 heterocycles. The maximum atomic E-state index is 5.71. The Kier molecular flexibility index (Phi) is 2.96. The third-order valence-electron chi connectivity index (χ3n) is 4.28. The summed E-state index contributed by atoms with van der Waals surface area (Å²) >= 11 is 1.74. The van der Waals surface area contributed by atoms with Gasteiger partial charge in [-0.3, -0.25) is 11.3 Å². The van der Waals surface area contributed by atoms with E-state index >= 15 is 0 Å². The highest BCUT2D eigenvalue weighted by atomic mass is 32.1. The van der Waals surface area contributed by atoms with Crippen LogP contribution in [0.1, 0.15) is 30.7 Å². The van der Waals surface area contributed by atoms with E-state index in [0.717, 1.165) is 24.2 Å². The van der Waals surface area contributed by atoms with Crippen molar-refractivity contribution in [2.45, 2.75) is 38.1 Å². The van der Waals surface area contributed by atoms with Crippen LogP contribution in [0.3, 0.4) is 0 Å². The van der Waals surface area contributed by atoms with Crippen LogP contribution >= 0.6 is 11.3 Å². The van der Waals surface area contributed by atoms with Crippen LogP contribution < -0.4 is 11.3 Å². The molecule has 0 aliphatic heterocycles. The third kappa shape index (κ3) is 1.90. The van der Waals surface area contributed by atoms with Crippen LogP contribution in [0.4, 0.5) is 0 Å². The molecule has 3 nitrogen and oxygen atoms in total. The van der Waals surface area contributed by atoms with Gasteiger partial charge in [-0.15, -0.1) is 11.3 Å². The average Bonchev–Trinajstić information content (AvgIpc) is 2.81. The van der Waals surface area contributed by atoms with E-state index < -0.39 is 0 Å². The van der Waals surface area contributed by atoms with E-state index in [1.165, 1.54) is 30.7 Å². The number of aromatic nitrogens is 1. The Labute approximate surface area is 100 Å². The van der Waals surface area contributed by atoms with Gasteiger partial charge in [-0.05, 0) is 30.6 Å². The number of thiazole rings is 1. The Morgan fingerprint density at radius 2 is 2.19 bits per heavy atom. The average molecular weight is 237 g/mol. The van der Waals surface area contributed by atoms with Crippen LogP contribution in [-0.2, 0) is 6.42 Å². The fourth-order valence-corrected chi connectivity index (χ4v) is 4.17. The predicted octanol–water partition coefficient (Wildman–Crippen LogP) is 1.95. The van der Waals surface area contributed by atoms with Gasteiger partial charge in [0.15, 0.2) is 0 Å². The molecule has 0 radical (unpaired) electrons. The lowest BCUT2D eigenvalue weighted by molar-refractivity contribution is 0.436. The summed E-state index contributed by atoms with van der Waals surface area (Å²) in [5.74, 6) is 8.43. The van der Waals surface area contributed by atoms with Gasteiger partial charge in [0.05, 0.1) is 5.01 Å². The topological polar surface area (TPSA) is 50.9 Å². The zero-order chi connectivity index (χ0) is 11.0. The van der Waals surface area contributed by atoms with Gasteiger partial charge in [0.1, 0.15) is 0 Å². The van der Waals surface area contributed by atoms with Crippen molar-refractivity contribution in [3.05, 3.63) is 16.6 Å². The number of hydrazine groups is 1. The summed E-state index contributed by atoms with van der Waals surface area (Å²) in [5, 5.41) is 3.26. The summed E-state index contributed by atoms with van der Waals surface area (Å²) in [6.45, 7) is 0. The van der Waals surface area contributed by atoms with E-state index in [1.807, 2.05) is 11.6 Å². The molecule has 3 unspecified atom stereocenters. The van der Waals surface area contributed by atoms with Gasteiger partial charge in [0.25, 0.3) is 0 Å². The monoisotopic (exact) mass is 237 g/mol.